The predicted octanol–water partition coefficient (Wildman–Crippen LogP) is 1.73. The number of carbonyl (C=O) groups excluding carboxylic acids is 1. The van der Waals surface area contributed by atoms with Gasteiger partial charge in [0.25, 0.3) is 0 Å². The molecular formula is C14H21FN4O. The van der Waals surface area contributed by atoms with Gasteiger partial charge in [0.15, 0.2) is 5.96 Å². The minimum absolute atomic E-state index is 0.0908. The highest BCUT2D eigenvalue weighted by molar-refractivity contribution is 5.94. The minimum Gasteiger partial charge on any atom is -0.354 e. The van der Waals surface area contributed by atoms with Crippen LogP contribution in [0, 0.1) is 5.82 Å². The van der Waals surface area contributed by atoms with E-state index in [4.69, 9.17) is 0 Å². The number of hydrogen-bond acceptors (Lipinski definition) is 2. The number of halogens is 1. The Labute approximate surface area is 118 Å². The second-order valence-electron chi connectivity index (χ2n) is 4.43. The molecule has 1 unspecified atom stereocenters. The summed E-state index contributed by atoms with van der Waals surface area (Å²) >= 11 is 0. The number of hydrogen-bond donors (Lipinski definition) is 3. The van der Waals surface area contributed by atoms with E-state index in [0.717, 1.165) is 6.42 Å². The maximum atomic E-state index is 12.7. The smallest absolute Gasteiger partial charge is 0.243 e. The molecule has 20 heavy (non-hydrogen) atoms. The van der Waals surface area contributed by atoms with Crippen molar-refractivity contribution in [1.82, 2.24) is 10.6 Å². The second kappa shape index (κ2) is 8.14. The molecule has 1 atom stereocenters. The molecule has 0 saturated carbocycles. The lowest BCUT2D eigenvalue weighted by Crippen LogP contribution is -2.44. The molecule has 0 aliphatic heterocycles. The first-order valence-electron chi connectivity index (χ1n) is 6.57. The van der Waals surface area contributed by atoms with Gasteiger partial charge < -0.3 is 16.0 Å². The molecule has 110 valence electrons. The number of aliphatic imine (C=N–C) groups is 1. The number of rotatable bonds is 5. The molecule has 0 heterocycles. The maximum Gasteiger partial charge on any atom is 0.243 e. The van der Waals surface area contributed by atoms with Gasteiger partial charge in [-0.15, -0.1) is 0 Å². The SMILES string of the molecule is CCC(C)NC(=NC)NCC(=O)Nc1ccc(F)cc1. The summed E-state index contributed by atoms with van der Waals surface area (Å²) in [5.41, 5.74) is 0.558. The fourth-order valence-corrected chi connectivity index (χ4v) is 1.43. The van der Waals surface area contributed by atoms with E-state index in [0.29, 0.717) is 11.6 Å². The molecule has 0 radical (unpaired) electrons. The zero-order valence-corrected chi connectivity index (χ0v) is 12.0. The Balaban J connectivity index is 2.40. The molecule has 1 aromatic rings. The van der Waals surface area contributed by atoms with Crippen LogP contribution >= 0.6 is 0 Å². The monoisotopic (exact) mass is 280 g/mol. The lowest BCUT2D eigenvalue weighted by molar-refractivity contribution is -0.115. The van der Waals surface area contributed by atoms with Crippen molar-refractivity contribution in [1.29, 1.82) is 0 Å². The quantitative estimate of drug-likeness (QED) is 0.568. The molecule has 1 aromatic carbocycles. The third kappa shape index (κ3) is 5.69. The van der Waals surface area contributed by atoms with Crippen molar-refractivity contribution in [2.24, 2.45) is 4.99 Å². The Morgan fingerprint density at radius 1 is 1.35 bits per heavy atom. The van der Waals surface area contributed by atoms with Crippen LogP contribution in [-0.4, -0.2) is 31.5 Å². The van der Waals surface area contributed by atoms with Crippen molar-refractivity contribution in [2.45, 2.75) is 26.3 Å². The molecule has 0 aliphatic carbocycles. The van der Waals surface area contributed by atoms with Crippen molar-refractivity contribution in [3.8, 4) is 0 Å². The average Bonchev–Trinajstić information content (AvgIpc) is 2.45. The normalized spacial score (nSPS) is 12.7. The number of benzene rings is 1. The van der Waals surface area contributed by atoms with Crippen LogP contribution < -0.4 is 16.0 Å². The number of nitrogens with zero attached hydrogens (tertiary/aromatic N) is 1. The highest BCUT2D eigenvalue weighted by Crippen LogP contribution is 2.07. The largest absolute Gasteiger partial charge is 0.354 e. The first-order valence-corrected chi connectivity index (χ1v) is 6.57. The van der Waals surface area contributed by atoms with Crippen LogP contribution in [0.2, 0.25) is 0 Å². The Hall–Kier alpha value is -2.11. The summed E-state index contributed by atoms with van der Waals surface area (Å²) in [4.78, 5) is 15.8. The highest BCUT2D eigenvalue weighted by Gasteiger charge is 2.06. The Bertz CT molecular complexity index is 459. The van der Waals surface area contributed by atoms with E-state index in [1.807, 2.05) is 6.92 Å². The highest BCUT2D eigenvalue weighted by atomic mass is 19.1. The van der Waals surface area contributed by atoms with Gasteiger partial charge in [0.1, 0.15) is 5.82 Å². The molecule has 6 heteroatoms. The van der Waals surface area contributed by atoms with E-state index in [1.165, 1.54) is 24.3 Å². The molecule has 1 amide bonds. The van der Waals surface area contributed by atoms with Crippen molar-refractivity contribution in [3.05, 3.63) is 30.1 Å². The van der Waals surface area contributed by atoms with Crippen LogP contribution in [0.15, 0.2) is 29.3 Å². The standard InChI is InChI=1S/C14H21FN4O/c1-4-10(2)18-14(16-3)17-9-13(20)19-12-7-5-11(15)6-8-12/h5-8,10H,4,9H2,1-3H3,(H,19,20)(H2,16,17,18). The van der Waals surface area contributed by atoms with Gasteiger partial charge in [-0.3, -0.25) is 9.79 Å². The third-order valence-electron chi connectivity index (χ3n) is 2.76. The first-order chi connectivity index (χ1) is 9.55. The van der Waals surface area contributed by atoms with E-state index < -0.39 is 0 Å². The molecule has 1 rings (SSSR count). The van der Waals surface area contributed by atoms with Gasteiger partial charge in [0.2, 0.25) is 5.91 Å². The number of carbonyl (C=O) groups is 1. The Morgan fingerprint density at radius 2 is 2.00 bits per heavy atom. The topological polar surface area (TPSA) is 65.5 Å². The lowest BCUT2D eigenvalue weighted by atomic mass is 10.3. The van der Waals surface area contributed by atoms with Crippen molar-refractivity contribution >= 4 is 17.6 Å². The number of nitrogens with one attached hydrogen (secondary N) is 3. The molecule has 3 N–H and O–H groups in total. The van der Waals surface area contributed by atoms with E-state index in [9.17, 15) is 9.18 Å². The predicted molar refractivity (Wildman–Crippen MR) is 79.3 cm³/mol. The summed E-state index contributed by atoms with van der Waals surface area (Å²) in [5.74, 6) is 0.0246. The van der Waals surface area contributed by atoms with Crippen molar-refractivity contribution < 1.29 is 9.18 Å². The van der Waals surface area contributed by atoms with Crippen LogP contribution in [0.3, 0.4) is 0 Å². The summed E-state index contributed by atoms with van der Waals surface area (Å²) in [7, 11) is 1.65. The first kappa shape index (κ1) is 15.9. The number of amides is 1. The van der Waals surface area contributed by atoms with Gasteiger partial charge in [0.05, 0.1) is 6.54 Å². The summed E-state index contributed by atoms with van der Waals surface area (Å²) in [6.07, 6.45) is 0.961. The summed E-state index contributed by atoms with van der Waals surface area (Å²) in [6, 6.07) is 5.90. The van der Waals surface area contributed by atoms with Gasteiger partial charge in [0, 0.05) is 18.8 Å². The molecule has 0 aliphatic rings. The van der Waals surface area contributed by atoms with E-state index in [-0.39, 0.29) is 24.3 Å². The van der Waals surface area contributed by atoms with Crippen molar-refractivity contribution in [3.63, 3.8) is 0 Å². The molecule has 5 nitrogen and oxygen atoms in total. The van der Waals surface area contributed by atoms with E-state index in [2.05, 4.69) is 27.9 Å². The maximum absolute atomic E-state index is 12.7. The van der Waals surface area contributed by atoms with Gasteiger partial charge >= 0.3 is 0 Å². The zero-order chi connectivity index (χ0) is 15.0. The van der Waals surface area contributed by atoms with Crippen LogP contribution in [0.4, 0.5) is 10.1 Å². The third-order valence-corrected chi connectivity index (χ3v) is 2.76. The summed E-state index contributed by atoms with van der Waals surface area (Å²) in [6.45, 7) is 4.19. The van der Waals surface area contributed by atoms with Gasteiger partial charge in [-0.2, -0.15) is 0 Å². The number of anilines is 1. The van der Waals surface area contributed by atoms with E-state index in [1.54, 1.807) is 7.05 Å². The van der Waals surface area contributed by atoms with Gasteiger partial charge in [-0.05, 0) is 37.6 Å². The van der Waals surface area contributed by atoms with Crippen molar-refractivity contribution in [2.75, 3.05) is 18.9 Å². The van der Waals surface area contributed by atoms with Gasteiger partial charge in [-0.25, -0.2) is 4.39 Å². The van der Waals surface area contributed by atoms with Crippen LogP contribution in [0.25, 0.3) is 0 Å². The summed E-state index contributed by atoms with van der Waals surface area (Å²) < 4.78 is 12.7. The van der Waals surface area contributed by atoms with Gasteiger partial charge in [-0.1, -0.05) is 6.92 Å². The molecule has 0 saturated heterocycles. The zero-order valence-electron chi connectivity index (χ0n) is 12.0. The fourth-order valence-electron chi connectivity index (χ4n) is 1.43. The molecule has 0 aromatic heterocycles. The Morgan fingerprint density at radius 3 is 2.55 bits per heavy atom. The molecule has 0 spiro atoms. The lowest BCUT2D eigenvalue weighted by Gasteiger charge is -2.16. The molecule has 0 bridgehead atoms. The summed E-state index contributed by atoms with van der Waals surface area (Å²) in [5, 5.41) is 8.74. The second-order valence-corrected chi connectivity index (χ2v) is 4.43. The van der Waals surface area contributed by atoms with Crippen LogP contribution in [0.5, 0.6) is 0 Å². The Kier molecular flexibility index (Phi) is 6.49. The minimum atomic E-state index is -0.334. The van der Waals surface area contributed by atoms with Crippen LogP contribution in [-0.2, 0) is 4.79 Å². The number of guanidine groups is 1. The average molecular weight is 280 g/mol. The van der Waals surface area contributed by atoms with Crippen LogP contribution in [0.1, 0.15) is 20.3 Å². The van der Waals surface area contributed by atoms with E-state index >= 15 is 0 Å². The molecular weight excluding hydrogens is 259 g/mol. The fraction of sp³-hybridized carbons (Fsp3) is 0.429. The molecule has 0 fully saturated rings.